The van der Waals surface area contributed by atoms with Crippen LogP contribution in [0, 0.1) is 12.7 Å². The van der Waals surface area contributed by atoms with Crippen molar-refractivity contribution in [1.29, 1.82) is 0 Å². The maximum absolute atomic E-state index is 13.4. The Balaban J connectivity index is 1.91. The van der Waals surface area contributed by atoms with E-state index in [2.05, 4.69) is 5.32 Å². The van der Waals surface area contributed by atoms with Crippen molar-refractivity contribution in [1.82, 2.24) is 5.32 Å². The Hall–Kier alpha value is -1.65. The Morgan fingerprint density at radius 1 is 1.37 bits per heavy atom. The first-order valence-corrected chi connectivity index (χ1v) is 6.21. The van der Waals surface area contributed by atoms with E-state index in [9.17, 15) is 9.50 Å². The molecule has 4 heteroatoms. The summed E-state index contributed by atoms with van der Waals surface area (Å²) in [5, 5.41) is 13.3. The second-order valence-corrected chi connectivity index (χ2v) is 4.94. The summed E-state index contributed by atoms with van der Waals surface area (Å²) in [6.45, 7) is 4.23. The molecule has 2 aromatic rings. The van der Waals surface area contributed by atoms with Gasteiger partial charge in [0.05, 0.1) is 6.26 Å². The Morgan fingerprint density at radius 3 is 2.79 bits per heavy atom. The molecule has 0 saturated heterocycles. The minimum Gasteiger partial charge on any atom is -0.466 e. The standard InChI is InChI=1S/C15H18FNO2/c1-11-5-6-12(8-13(11)16)9-17-10-15(2,18)14-4-3-7-19-14/h3-8,17-18H,9-10H2,1-2H3. The zero-order valence-corrected chi connectivity index (χ0v) is 11.1. The largest absolute Gasteiger partial charge is 0.466 e. The van der Waals surface area contributed by atoms with Crippen molar-refractivity contribution in [3.05, 3.63) is 59.3 Å². The van der Waals surface area contributed by atoms with Crippen LogP contribution >= 0.6 is 0 Å². The highest BCUT2D eigenvalue weighted by atomic mass is 19.1. The lowest BCUT2D eigenvalue weighted by atomic mass is 10.0. The van der Waals surface area contributed by atoms with Gasteiger partial charge in [-0.2, -0.15) is 0 Å². The summed E-state index contributed by atoms with van der Waals surface area (Å²) in [6, 6.07) is 8.58. The lowest BCUT2D eigenvalue weighted by molar-refractivity contribution is 0.0340. The maximum atomic E-state index is 13.4. The van der Waals surface area contributed by atoms with Gasteiger partial charge in [0.25, 0.3) is 0 Å². The topological polar surface area (TPSA) is 45.4 Å². The number of rotatable bonds is 5. The number of benzene rings is 1. The minimum atomic E-state index is -1.08. The number of hydrogen-bond donors (Lipinski definition) is 2. The lowest BCUT2D eigenvalue weighted by Crippen LogP contribution is -2.34. The third-order valence-electron chi connectivity index (χ3n) is 3.09. The molecule has 1 aromatic carbocycles. The number of halogens is 1. The smallest absolute Gasteiger partial charge is 0.136 e. The molecule has 102 valence electrons. The normalized spacial score (nSPS) is 14.3. The van der Waals surface area contributed by atoms with E-state index in [1.807, 2.05) is 6.07 Å². The maximum Gasteiger partial charge on any atom is 0.136 e. The molecule has 0 aliphatic rings. The summed E-state index contributed by atoms with van der Waals surface area (Å²) in [5.74, 6) is 0.298. The predicted molar refractivity (Wildman–Crippen MR) is 71.1 cm³/mol. The van der Waals surface area contributed by atoms with E-state index >= 15 is 0 Å². The van der Waals surface area contributed by atoms with Gasteiger partial charge < -0.3 is 14.8 Å². The molecule has 3 nitrogen and oxygen atoms in total. The van der Waals surface area contributed by atoms with Crippen LogP contribution in [-0.2, 0) is 12.1 Å². The van der Waals surface area contributed by atoms with Crippen molar-refractivity contribution in [2.24, 2.45) is 0 Å². The number of furan rings is 1. The SMILES string of the molecule is Cc1ccc(CNCC(C)(O)c2ccco2)cc1F. The van der Waals surface area contributed by atoms with E-state index in [4.69, 9.17) is 4.42 Å². The number of aryl methyl sites for hydroxylation is 1. The lowest BCUT2D eigenvalue weighted by Gasteiger charge is -2.21. The summed E-state index contributed by atoms with van der Waals surface area (Å²) < 4.78 is 18.6. The van der Waals surface area contributed by atoms with Crippen LogP contribution in [0.2, 0.25) is 0 Å². The molecule has 0 fully saturated rings. The van der Waals surface area contributed by atoms with E-state index in [1.165, 1.54) is 12.3 Å². The molecule has 1 atom stereocenters. The monoisotopic (exact) mass is 263 g/mol. The van der Waals surface area contributed by atoms with E-state index in [1.54, 1.807) is 32.0 Å². The number of nitrogens with one attached hydrogen (secondary N) is 1. The molecule has 0 amide bonds. The molecule has 0 aliphatic carbocycles. The van der Waals surface area contributed by atoms with Gasteiger partial charge >= 0.3 is 0 Å². The fraction of sp³-hybridized carbons (Fsp3) is 0.333. The predicted octanol–water partition coefficient (Wildman–Crippen LogP) is 2.72. The van der Waals surface area contributed by atoms with Gasteiger partial charge in [-0.3, -0.25) is 0 Å². The Kier molecular flexibility index (Phi) is 4.02. The fourth-order valence-corrected chi connectivity index (χ4v) is 1.87. The second-order valence-electron chi connectivity index (χ2n) is 4.94. The Labute approximate surface area is 112 Å². The molecule has 2 rings (SSSR count). The molecule has 19 heavy (non-hydrogen) atoms. The molecule has 2 N–H and O–H groups in total. The van der Waals surface area contributed by atoms with Crippen molar-refractivity contribution in [2.45, 2.75) is 26.0 Å². The van der Waals surface area contributed by atoms with Crippen LogP contribution in [0.5, 0.6) is 0 Å². The molecular weight excluding hydrogens is 245 g/mol. The average Bonchev–Trinajstić information content (AvgIpc) is 2.88. The van der Waals surface area contributed by atoms with Crippen LogP contribution in [0.4, 0.5) is 4.39 Å². The summed E-state index contributed by atoms with van der Waals surface area (Å²) >= 11 is 0. The van der Waals surface area contributed by atoms with E-state index < -0.39 is 5.60 Å². The summed E-state index contributed by atoms with van der Waals surface area (Å²) in [4.78, 5) is 0. The number of aliphatic hydroxyl groups is 1. The van der Waals surface area contributed by atoms with Gasteiger partial charge in [-0.05, 0) is 43.2 Å². The quantitative estimate of drug-likeness (QED) is 0.872. The third kappa shape index (κ3) is 3.43. The van der Waals surface area contributed by atoms with Crippen LogP contribution in [0.1, 0.15) is 23.8 Å². The van der Waals surface area contributed by atoms with Crippen LogP contribution in [-0.4, -0.2) is 11.7 Å². The van der Waals surface area contributed by atoms with Crippen LogP contribution in [0.25, 0.3) is 0 Å². The molecule has 0 aliphatic heterocycles. The van der Waals surface area contributed by atoms with Gasteiger partial charge in [-0.25, -0.2) is 4.39 Å². The van der Waals surface area contributed by atoms with E-state index in [0.717, 1.165) is 5.56 Å². The van der Waals surface area contributed by atoms with Gasteiger partial charge in [0, 0.05) is 13.1 Å². The Morgan fingerprint density at radius 2 is 2.16 bits per heavy atom. The fourth-order valence-electron chi connectivity index (χ4n) is 1.87. The summed E-state index contributed by atoms with van der Waals surface area (Å²) in [7, 11) is 0. The first-order chi connectivity index (χ1) is 8.99. The van der Waals surface area contributed by atoms with Crippen LogP contribution < -0.4 is 5.32 Å². The van der Waals surface area contributed by atoms with Crippen LogP contribution in [0.3, 0.4) is 0 Å². The van der Waals surface area contributed by atoms with Crippen LogP contribution in [0.15, 0.2) is 41.0 Å². The Bertz CT molecular complexity index is 535. The zero-order valence-electron chi connectivity index (χ0n) is 11.1. The highest BCUT2D eigenvalue weighted by molar-refractivity contribution is 5.23. The van der Waals surface area contributed by atoms with E-state index in [-0.39, 0.29) is 5.82 Å². The zero-order chi connectivity index (χ0) is 13.9. The second kappa shape index (κ2) is 5.55. The molecule has 0 bridgehead atoms. The van der Waals surface area contributed by atoms with Gasteiger partial charge in [-0.15, -0.1) is 0 Å². The molecule has 0 radical (unpaired) electrons. The molecule has 0 spiro atoms. The van der Waals surface area contributed by atoms with Crippen molar-refractivity contribution < 1.29 is 13.9 Å². The third-order valence-corrected chi connectivity index (χ3v) is 3.09. The summed E-state index contributed by atoms with van der Waals surface area (Å²) in [5.41, 5.74) is 0.400. The molecular formula is C15H18FNO2. The average molecular weight is 263 g/mol. The van der Waals surface area contributed by atoms with Gasteiger partial charge in [0.15, 0.2) is 0 Å². The van der Waals surface area contributed by atoms with E-state index in [0.29, 0.717) is 24.4 Å². The molecule has 1 unspecified atom stereocenters. The highest BCUT2D eigenvalue weighted by Gasteiger charge is 2.25. The van der Waals surface area contributed by atoms with Crippen molar-refractivity contribution in [3.63, 3.8) is 0 Å². The molecule has 1 heterocycles. The van der Waals surface area contributed by atoms with Gasteiger partial charge in [0.1, 0.15) is 17.2 Å². The highest BCUT2D eigenvalue weighted by Crippen LogP contribution is 2.20. The summed E-state index contributed by atoms with van der Waals surface area (Å²) in [6.07, 6.45) is 1.53. The number of hydrogen-bond acceptors (Lipinski definition) is 3. The molecule has 0 saturated carbocycles. The minimum absolute atomic E-state index is 0.211. The van der Waals surface area contributed by atoms with Crippen molar-refractivity contribution in [3.8, 4) is 0 Å². The van der Waals surface area contributed by atoms with Gasteiger partial charge in [0.2, 0.25) is 0 Å². The molecule has 1 aromatic heterocycles. The van der Waals surface area contributed by atoms with Crippen molar-refractivity contribution in [2.75, 3.05) is 6.54 Å². The van der Waals surface area contributed by atoms with Gasteiger partial charge in [-0.1, -0.05) is 12.1 Å². The van der Waals surface area contributed by atoms with Crippen molar-refractivity contribution >= 4 is 0 Å². The first kappa shape index (κ1) is 13.8. The first-order valence-electron chi connectivity index (χ1n) is 6.21.